The number of carboxylic acids is 1. The van der Waals surface area contributed by atoms with Gasteiger partial charge in [-0.25, -0.2) is 4.68 Å². The highest BCUT2D eigenvalue weighted by atomic mass is 16.6. The molecule has 0 spiro atoms. The van der Waals surface area contributed by atoms with E-state index in [1.807, 2.05) is 0 Å². The molecule has 0 fully saturated rings. The highest BCUT2D eigenvalue weighted by Crippen LogP contribution is 2.14. The van der Waals surface area contributed by atoms with E-state index in [1.54, 1.807) is 16.8 Å². The van der Waals surface area contributed by atoms with Crippen LogP contribution < -0.4 is 0 Å². The van der Waals surface area contributed by atoms with Crippen molar-refractivity contribution in [3.63, 3.8) is 0 Å². The summed E-state index contributed by atoms with van der Waals surface area (Å²) in [6, 6.07) is 6.14. The smallest absolute Gasteiger partial charge is 0.303 e. The number of nitrogens with zero attached hydrogens (tertiary/aromatic N) is 5. The van der Waals surface area contributed by atoms with E-state index in [9.17, 15) is 14.9 Å². The van der Waals surface area contributed by atoms with Gasteiger partial charge in [-0.2, -0.15) is 0 Å². The normalized spacial score (nSPS) is 10.5. The fourth-order valence-corrected chi connectivity index (χ4v) is 1.82. The molecule has 0 aliphatic rings. The number of rotatable bonds is 7. The first kappa shape index (κ1) is 14.6. The average Bonchev–Trinajstić information content (AvgIpc) is 2.86. The molecule has 0 aliphatic heterocycles. The predicted octanol–water partition coefficient (Wildman–Crippen LogP) is 1.04. The summed E-state index contributed by atoms with van der Waals surface area (Å²) in [5.41, 5.74) is 0.870. The Morgan fingerprint density at radius 2 is 2.05 bits per heavy atom. The van der Waals surface area contributed by atoms with Crippen molar-refractivity contribution in [1.82, 2.24) is 20.2 Å². The van der Waals surface area contributed by atoms with Crippen molar-refractivity contribution in [2.75, 3.05) is 0 Å². The van der Waals surface area contributed by atoms with E-state index < -0.39 is 10.9 Å². The molecule has 110 valence electrons. The summed E-state index contributed by atoms with van der Waals surface area (Å²) in [5, 5.41) is 30.4. The minimum atomic E-state index is -0.861. The van der Waals surface area contributed by atoms with E-state index in [0.717, 1.165) is 5.56 Å². The van der Waals surface area contributed by atoms with Crippen molar-refractivity contribution in [3.8, 4) is 0 Å². The van der Waals surface area contributed by atoms with E-state index >= 15 is 0 Å². The molecule has 0 atom stereocenters. The molecule has 0 aliphatic carbocycles. The lowest BCUT2D eigenvalue weighted by Gasteiger charge is -2.03. The zero-order chi connectivity index (χ0) is 15.2. The summed E-state index contributed by atoms with van der Waals surface area (Å²) < 4.78 is 1.55. The zero-order valence-corrected chi connectivity index (χ0v) is 11.0. The molecule has 21 heavy (non-hydrogen) atoms. The van der Waals surface area contributed by atoms with E-state index in [-0.39, 0.29) is 12.1 Å². The topological polar surface area (TPSA) is 124 Å². The maximum Gasteiger partial charge on any atom is 0.303 e. The Kier molecular flexibility index (Phi) is 4.54. The Labute approximate surface area is 119 Å². The fourth-order valence-electron chi connectivity index (χ4n) is 1.82. The molecule has 1 aromatic carbocycles. The SMILES string of the molecule is O=C(O)CCCn1nnnc1Cc1ccc([N+](=O)[O-])cc1. The Morgan fingerprint density at radius 3 is 2.67 bits per heavy atom. The van der Waals surface area contributed by atoms with Gasteiger partial charge in [-0.1, -0.05) is 12.1 Å². The second-order valence-electron chi connectivity index (χ2n) is 4.42. The Morgan fingerprint density at radius 1 is 1.33 bits per heavy atom. The van der Waals surface area contributed by atoms with Crippen LogP contribution in [0.3, 0.4) is 0 Å². The summed E-state index contributed by atoms with van der Waals surface area (Å²) in [6.45, 7) is 0.418. The quantitative estimate of drug-likeness (QED) is 0.596. The first-order valence-corrected chi connectivity index (χ1v) is 6.26. The third-order valence-corrected chi connectivity index (χ3v) is 2.88. The molecule has 0 saturated carbocycles. The van der Waals surface area contributed by atoms with Crippen LogP contribution in [0.25, 0.3) is 0 Å². The fraction of sp³-hybridized carbons (Fsp3) is 0.333. The molecule has 0 radical (unpaired) electrons. The maximum atomic E-state index is 10.6. The van der Waals surface area contributed by atoms with Crippen LogP contribution in [-0.4, -0.2) is 36.2 Å². The number of benzene rings is 1. The van der Waals surface area contributed by atoms with Crippen molar-refractivity contribution >= 4 is 11.7 Å². The third kappa shape index (κ3) is 4.06. The minimum absolute atomic E-state index is 0.0276. The van der Waals surface area contributed by atoms with Gasteiger partial charge in [0.25, 0.3) is 5.69 Å². The zero-order valence-electron chi connectivity index (χ0n) is 11.0. The van der Waals surface area contributed by atoms with Crippen LogP contribution in [0.2, 0.25) is 0 Å². The molecule has 1 N–H and O–H groups in total. The lowest BCUT2D eigenvalue weighted by molar-refractivity contribution is -0.384. The summed E-state index contributed by atoms with van der Waals surface area (Å²) in [5.74, 6) is -0.269. The van der Waals surface area contributed by atoms with Crippen LogP contribution in [-0.2, 0) is 17.8 Å². The number of nitro benzene ring substituents is 1. The second kappa shape index (κ2) is 6.55. The molecule has 9 heteroatoms. The Bertz CT molecular complexity index is 637. The number of nitro groups is 1. The van der Waals surface area contributed by atoms with Crippen LogP contribution >= 0.6 is 0 Å². The molecule has 2 aromatic rings. The maximum absolute atomic E-state index is 10.6. The van der Waals surface area contributed by atoms with Crippen molar-refractivity contribution < 1.29 is 14.8 Å². The van der Waals surface area contributed by atoms with Crippen LogP contribution in [0.1, 0.15) is 24.2 Å². The van der Waals surface area contributed by atoms with Crippen molar-refractivity contribution in [2.45, 2.75) is 25.8 Å². The third-order valence-electron chi connectivity index (χ3n) is 2.88. The molecule has 0 unspecified atom stereocenters. The van der Waals surface area contributed by atoms with Gasteiger partial charge in [-0.15, -0.1) is 5.10 Å². The summed E-state index contributed by atoms with van der Waals surface area (Å²) in [6.07, 6.45) is 0.919. The van der Waals surface area contributed by atoms with Crippen LogP contribution in [0.4, 0.5) is 5.69 Å². The van der Waals surface area contributed by atoms with Gasteiger partial charge in [-0.05, 0) is 22.4 Å². The minimum Gasteiger partial charge on any atom is -0.481 e. The number of hydrogen-bond donors (Lipinski definition) is 1. The van der Waals surface area contributed by atoms with Crippen LogP contribution in [0.5, 0.6) is 0 Å². The van der Waals surface area contributed by atoms with E-state index in [0.29, 0.717) is 25.2 Å². The van der Waals surface area contributed by atoms with Gasteiger partial charge in [-0.3, -0.25) is 14.9 Å². The summed E-state index contributed by atoms with van der Waals surface area (Å²) in [4.78, 5) is 20.6. The van der Waals surface area contributed by atoms with Gasteiger partial charge in [0.15, 0.2) is 5.82 Å². The van der Waals surface area contributed by atoms with Gasteiger partial charge in [0.1, 0.15) is 0 Å². The van der Waals surface area contributed by atoms with E-state index in [4.69, 9.17) is 5.11 Å². The van der Waals surface area contributed by atoms with Gasteiger partial charge in [0.2, 0.25) is 0 Å². The standard InChI is InChI=1S/C12H13N5O4/c18-12(19)2-1-7-16-11(13-14-15-16)8-9-3-5-10(6-4-9)17(20)21/h3-6H,1-2,7-8H2,(H,18,19). The van der Waals surface area contributed by atoms with Crippen molar-refractivity contribution in [1.29, 1.82) is 0 Å². The second-order valence-corrected chi connectivity index (χ2v) is 4.42. The van der Waals surface area contributed by atoms with Gasteiger partial charge in [0, 0.05) is 31.5 Å². The summed E-state index contributed by atoms with van der Waals surface area (Å²) >= 11 is 0. The van der Waals surface area contributed by atoms with Gasteiger partial charge >= 0.3 is 5.97 Å². The first-order chi connectivity index (χ1) is 10.1. The average molecular weight is 291 g/mol. The van der Waals surface area contributed by atoms with Crippen LogP contribution in [0, 0.1) is 10.1 Å². The van der Waals surface area contributed by atoms with Crippen molar-refractivity contribution in [3.05, 3.63) is 45.8 Å². The van der Waals surface area contributed by atoms with Gasteiger partial charge in [0.05, 0.1) is 4.92 Å². The number of carboxylic acid groups (broad SMARTS) is 1. The molecular formula is C12H13N5O4. The lowest BCUT2D eigenvalue weighted by atomic mass is 10.1. The monoisotopic (exact) mass is 291 g/mol. The molecule has 1 aromatic heterocycles. The molecule has 2 rings (SSSR count). The summed E-state index contributed by atoms with van der Waals surface area (Å²) in [7, 11) is 0. The molecule has 0 amide bonds. The molecule has 1 heterocycles. The molecular weight excluding hydrogens is 278 g/mol. The number of non-ortho nitro benzene ring substituents is 1. The van der Waals surface area contributed by atoms with E-state index in [1.165, 1.54) is 12.1 Å². The number of tetrazole rings is 1. The number of carbonyl (C=O) groups is 1. The highest BCUT2D eigenvalue weighted by Gasteiger charge is 2.09. The highest BCUT2D eigenvalue weighted by molar-refractivity contribution is 5.66. The Balaban J connectivity index is 2.01. The van der Waals surface area contributed by atoms with Crippen LogP contribution in [0.15, 0.2) is 24.3 Å². The number of aryl methyl sites for hydroxylation is 1. The molecule has 9 nitrogen and oxygen atoms in total. The molecule has 0 saturated heterocycles. The number of aliphatic carboxylic acids is 1. The number of hydrogen-bond acceptors (Lipinski definition) is 6. The first-order valence-electron chi connectivity index (χ1n) is 6.26. The predicted molar refractivity (Wildman–Crippen MR) is 70.6 cm³/mol. The van der Waals surface area contributed by atoms with Gasteiger partial charge < -0.3 is 5.11 Å². The lowest BCUT2D eigenvalue weighted by Crippen LogP contribution is -2.08. The van der Waals surface area contributed by atoms with E-state index in [2.05, 4.69) is 15.5 Å². The number of aromatic nitrogens is 4. The largest absolute Gasteiger partial charge is 0.481 e. The Hall–Kier alpha value is -2.84. The van der Waals surface area contributed by atoms with Crippen molar-refractivity contribution in [2.24, 2.45) is 0 Å². The molecule has 0 bridgehead atoms.